The Kier molecular flexibility index (Phi) is 11.1. The zero-order valence-corrected chi connectivity index (χ0v) is 20.1. The molecule has 0 amide bonds. The fraction of sp³-hybridized carbons (Fsp3) is 0.941. The first-order chi connectivity index (χ1) is 12.7. The topological polar surface area (TPSA) is 123 Å². The van der Waals surface area contributed by atoms with Gasteiger partial charge in [-0.15, -0.1) is 0 Å². The number of nitrogens with two attached hydrogens (primary N) is 1. The van der Waals surface area contributed by atoms with Crippen LogP contribution in [0.2, 0.25) is 0 Å². The molecule has 0 unspecified atom stereocenters. The Hall–Kier alpha value is -0.270. The van der Waals surface area contributed by atoms with Gasteiger partial charge < -0.3 is 28.6 Å². The Bertz CT molecular complexity index is 538. The van der Waals surface area contributed by atoms with Crippen molar-refractivity contribution in [2.45, 2.75) is 78.4 Å². The van der Waals surface area contributed by atoms with Crippen molar-refractivity contribution in [1.29, 1.82) is 0 Å². The molecule has 0 aromatic rings. The van der Waals surface area contributed by atoms with Gasteiger partial charge in [-0.05, 0) is 55.4 Å². The Labute approximate surface area is 169 Å². The second-order valence-corrected chi connectivity index (χ2v) is 12.2. The molecule has 0 rings (SSSR count). The molecule has 0 radical (unpaired) electrons. The number of carbonyl (C=O) groups excluding carboxylic acids is 1. The molecular formula is C17H37NO8P2. The molecule has 0 saturated heterocycles. The first kappa shape index (κ1) is 27.7. The summed E-state index contributed by atoms with van der Waals surface area (Å²) >= 11 is 0. The molecule has 0 saturated carbocycles. The Balaban J connectivity index is 6.19. The van der Waals surface area contributed by atoms with Gasteiger partial charge in [0, 0.05) is 6.42 Å². The van der Waals surface area contributed by atoms with Crippen molar-refractivity contribution >= 4 is 21.2 Å². The van der Waals surface area contributed by atoms with E-state index in [0.717, 1.165) is 0 Å². The van der Waals surface area contributed by atoms with Crippen LogP contribution in [0.5, 0.6) is 0 Å². The highest BCUT2D eigenvalue weighted by Crippen LogP contribution is 2.72. The van der Waals surface area contributed by atoms with Gasteiger partial charge in [0.2, 0.25) is 0 Å². The fourth-order valence-electron chi connectivity index (χ4n) is 2.39. The largest absolute Gasteiger partial charge is 0.459 e. The van der Waals surface area contributed by atoms with E-state index in [1.54, 1.807) is 48.5 Å². The van der Waals surface area contributed by atoms with Gasteiger partial charge in [-0.2, -0.15) is 0 Å². The van der Waals surface area contributed by atoms with E-state index in [1.807, 2.05) is 0 Å². The highest BCUT2D eigenvalue weighted by molar-refractivity contribution is 7.72. The summed E-state index contributed by atoms with van der Waals surface area (Å²) in [4.78, 5) is 12.6. The molecule has 0 heterocycles. The van der Waals surface area contributed by atoms with E-state index < -0.39 is 37.7 Å². The summed E-state index contributed by atoms with van der Waals surface area (Å²) in [5.41, 5.74) is 3.80. The predicted octanol–water partition coefficient (Wildman–Crippen LogP) is 4.29. The second kappa shape index (κ2) is 11.2. The molecule has 0 aromatic carbocycles. The van der Waals surface area contributed by atoms with E-state index in [-0.39, 0.29) is 32.8 Å². The van der Waals surface area contributed by atoms with E-state index in [0.29, 0.717) is 0 Å². The molecule has 168 valence electrons. The average Bonchev–Trinajstić information content (AvgIpc) is 2.52. The maximum Gasteiger partial charge on any atom is 0.345 e. The summed E-state index contributed by atoms with van der Waals surface area (Å²) in [5.74, 6) is -0.732. The average molecular weight is 445 g/mol. The van der Waals surface area contributed by atoms with Crippen LogP contribution in [0.3, 0.4) is 0 Å². The first-order valence-electron chi connectivity index (χ1n) is 9.51. The van der Waals surface area contributed by atoms with Gasteiger partial charge >= 0.3 is 21.2 Å². The van der Waals surface area contributed by atoms with Crippen LogP contribution in [0.25, 0.3) is 0 Å². The molecule has 2 N–H and O–H groups in total. The number of esters is 1. The molecule has 11 heteroatoms. The highest BCUT2D eigenvalue weighted by atomic mass is 31.2. The van der Waals surface area contributed by atoms with Gasteiger partial charge in [-0.1, -0.05) is 0 Å². The standard InChI is InChI=1S/C17H37NO8P2/c1-9-22-27(20,23-10-2)14(28(21,24-11-3)25-12-4)13-17(8,18)15(19)26-16(5,6)7/h14H,9-13,18H2,1-8H3/t17-/m1/s1. The second-order valence-electron chi connectivity index (χ2n) is 7.35. The molecule has 1 atom stereocenters. The van der Waals surface area contributed by atoms with Gasteiger partial charge in [0.25, 0.3) is 0 Å². The summed E-state index contributed by atoms with van der Waals surface area (Å²) in [7, 11) is -8.00. The SMILES string of the molecule is CCOP(=O)(OCC)C(C[C@@](C)(N)C(=O)OC(C)(C)C)P(=O)(OCC)OCC. The van der Waals surface area contributed by atoms with Crippen molar-refractivity contribution in [3.05, 3.63) is 0 Å². The minimum atomic E-state index is -4.00. The lowest BCUT2D eigenvalue weighted by molar-refractivity contribution is -0.161. The van der Waals surface area contributed by atoms with Crippen LogP contribution in [-0.4, -0.2) is 48.9 Å². The van der Waals surface area contributed by atoms with Crippen LogP contribution >= 0.6 is 15.2 Å². The van der Waals surface area contributed by atoms with Gasteiger partial charge in [-0.25, -0.2) is 0 Å². The Morgan fingerprint density at radius 1 is 0.821 bits per heavy atom. The smallest absolute Gasteiger partial charge is 0.345 e. The molecule has 0 aliphatic rings. The number of hydrogen-bond donors (Lipinski definition) is 1. The lowest BCUT2D eigenvalue weighted by Crippen LogP contribution is -2.50. The summed E-state index contributed by atoms with van der Waals surface area (Å²) in [6, 6.07) is 0. The third-order valence-corrected chi connectivity index (χ3v) is 9.43. The maximum absolute atomic E-state index is 13.5. The molecule has 0 fully saturated rings. The Morgan fingerprint density at radius 2 is 1.14 bits per heavy atom. The maximum atomic E-state index is 13.5. The molecule has 0 bridgehead atoms. The summed E-state index contributed by atoms with van der Waals surface area (Å²) in [6.07, 6.45) is -0.337. The van der Waals surface area contributed by atoms with Crippen molar-refractivity contribution < 1.29 is 36.8 Å². The zero-order valence-electron chi connectivity index (χ0n) is 18.4. The first-order valence-corrected chi connectivity index (χ1v) is 12.7. The van der Waals surface area contributed by atoms with Crippen LogP contribution in [0.15, 0.2) is 0 Å². The van der Waals surface area contributed by atoms with Crippen molar-refractivity contribution in [2.75, 3.05) is 26.4 Å². The third-order valence-electron chi connectivity index (χ3n) is 3.44. The fourth-order valence-corrected chi connectivity index (χ4v) is 8.06. The summed E-state index contributed by atoms with van der Waals surface area (Å²) in [5, 5.41) is -1.39. The summed E-state index contributed by atoms with van der Waals surface area (Å²) in [6.45, 7) is 13.2. The third kappa shape index (κ3) is 8.23. The molecule has 0 aliphatic heterocycles. The lowest BCUT2D eigenvalue weighted by atomic mass is 10.0. The monoisotopic (exact) mass is 445 g/mol. The van der Waals surface area contributed by atoms with E-state index >= 15 is 0 Å². The number of carbonyl (C=O) groups is 1. The molecule has 9 nitrogen and oxygen atoms in total. The van der Waals surface area contributed by atoms with Crippen molar-refractivity contribution in [2.24, 2.45) is 5.73 Å². The molecule has 0 spiro atoms. The highest BCUT2D eigenvalue weighted by Gasteiger charge is 2.54. The number of rotatable bonds is 13. The predicted molar refractivity (Wildman–Crippen MR) is 109 cm³/mol. The van der Waals surface area contributed by atoms with Crippen molar-refractivity contribution in [3.63, 3.8) is 0 Å². The van der Waals surface area contributed by atoms with E-state index in [2.05, 4.69) is 0 Å². The number of ether oxygens (including phenoxy) is 1. The molecule has 28 heavy (non-hydrogen) atoms. The lowest BCUT2D eigenvalue weighted by Gasteiger charge is -2.36. The van der Waals surface area contributed by atoms with Gasteiger partial charge in [-0.3, -0.25) is 13.9 Å². The van der Waals surface area contributed by atoms with Crippen LogP contribution < -0.4 is 5.73 Å². The summed E-state index contributed by atoms with van der Waals surface area (Å²) < 4.78 is 53.9. The van der Waals surface area contributed by atoms with Gasteiger partial charge in [0.1, 0.15) is 11.1 Å². The van der Waals surface area contributed by atoms with E-state index in [9.17, 15) is 13.9 Å². The van der Waals surface area contributed by atoms with Crippen LogP contribution in [0.4, 0.5) is 0 Å². The van der Waals surface area contributed by atoms with Gasteiger partial charge in [0.05, 0.1) is 26.4 Å². The van der Waals surface area contributed by atoms with Gasteiger partial charge in [0.15, 0.2) is 5.40 Å². The van der Waals surface area contributed by atoms with Crippen LogP contribution in [-0.2, 0) is 36.8 Å². The van der Waals surface area contributed by atoms with Crippen molar-refractivity contribution in [3.8, 4) is 0 Å². The van der Waals surface area contributed by atoms with E-state index in [1.165, 1.54) is 6.92 Å². The Morgan fingerprint density at radius 3 is 1.39 bits per heavy atom. The minimum Gasteiger partial charge on any atom is -0.459 e. The minimum absolute atomic E-state index is 0.0414. The molecule has 0 aromatic heterocycles. The van der Waals surface area contributed by atoms with Crippen LogP contribution in [0, 0.1) is 0 Å². The molecule has 0 aliphatic carbocycles. The number of hydrogen-bond acceptors (Lipinski definition) is 9. The normalized spacial score (nSPS) is 15.5. The van der Waals surface area contributed by atoms with Crippen molar-refractivity contribution in [1.82, 2.24) is 0 Å². The molecular weight excluding hydrogens is 408 g/mol. The quantitative estimate of drug-likeness (QED) is 0.326. The zero-order chi connectivity index (χ0) is 22.2. The van der Waals surface area contributed by atoms with E-state index in [4.69, 9.17) is 28.6 Å². The van der Waals surface area contributed by atoms with Crippen LogP contribution in [0.1, 0.15) is 61.8 Å².